The molecule has 2 aromatic heterocycles. The summed E-state index contributed by atoms with van der Waals surface area (Å²) in [5.74, 6) is -1.97. The molecule has 1 N–H and O–H groups in total. The van der Waals surface area contributed by atoms with E-state index in [0.717, 1.165) is 30.1 Å². The van der Waals surface area contributed by atoms with Crippen LogP contribution in [0.25, 0.3) is 10.6 Å². The zero-order chi connectivity index (χ0) is 24.8. The molecule has 184 valence electrons. The maximum absolute atomic E-state index is 15.4. The summed E-state index contributed by atoms with van der Waals surface area (Å²) in [5, 5.41) is 2.90. The van der Waals surface area contributed by atoms with E-state index in [0.29, 0.717) is 23.3 Å². The van der Waals surface area contributed by atoms with Gasteiger partial charge < -0.3 is 14.8 Å². The maximum Gasteiger partial charge on any atom is 0.451 e. The Bertz CT molecular complexity index is 1250. The van der Waals surface area contributed by atoms with Gasteiger partial charge >= 0.3 is 6.18 Å². The van der Waals surface area contributed by atoms with E-state index in [1.54, 1.807) is 6.20 Å². The number of benzene rings is 1. The molecule has 1 amide bonds. The summed E-state index contributed by atoms with van der Waals surface area (Å²) in [5.41, 5.74) is -0.247. The molecule has 35 heavy (non-hydrogen) atoms. The van der Waals surface area contributed by atoms with Crippen LogP contribution >= 0.6 is 11.3 Å². The van der Waals surface area contributed by atoms with Crippen molar-refractivity contribution >= 4 is 17.2 Å². The smallest absolute Gasteiger partial charge is 0.451 e. The topological polar surface area (TPSA) is 86.2 Å². The molecule has 2 bridgehead atoms. The lowest BCUT2D eigenvalue weighted by molar-refractivity contribution is -0.145. The van der Waals surface area contributed by atoms with Crippen molar-refractivity contribution < 1.29 is 31.8 Å². The Labute approximate surface area is 201 Å². The van der Waals surface area contributed by atoms with E-state index in [4.69, 9.17) is 9.47 Å². The van der Waals surface area contributed by atoms with E-state index >= 15 is 4.39 Å². The number of halogens is 4. The fraction of sp³-hybridized carbons (Fsp3) is 0.391. The third-order valence-corrected chi connectivity index (χ3v) is 6.95. The molecule has 1 aromatic carbocycles. The standard InChI is InChI=1S/C23H20F4N4O3S/c1-12-6-29-20(35-12)17-3-15(33-11-22-4-13(5-22)10-34-22)2-16(18(17)24)19(32)28-7-14-8-30-21(31-9-14)23(25,26)27/h2-3,6,8-9,13H,4-5,7,10-11H2,1H3,(H,28,32). The summed E-state index contributed by atoms with van der Waals surface area (Å²) < 4.78 is 65.1. The van der Waals surface area contributed by atoms with E-state index < -0.39 is 23.7 Å². The molecule has 3 aromatic rings. The van der Waals surface area contributed by atoms with Crippen molar-refractivity contribution in [3.05, 3.63) is 58.4 Å². The number of hydrogen-bond acceptors (Lipinski definition) is 7. The molecule has 7 nitrogen and oxygen atoms in total. The molecule has 3 aliphatic rings. The van der Waals surface area contributed by atoms with Crippen LogP contribution in [0.1, 0.15) is 39.5 Å². The predicted octanol–water partition coefficient (Wildman–Crippen LogP) is 4.55. The molecule has 4 heterocycles. The third-order valence-electron chi connectivity index (χ3n) is 6.00. The van der Waals surface area contributed by atoms with Crippen LogP contribution < -0.4 is 10.1 Å². The van der Waals surface area contributed by atoms with Crippen molar-refractivity contribution in [3.8, 4) is 16.3 Å². The highest BCUT2D eigenvalue weighted by molar-refractivity contribution is 7.14. The summed E-state index contributed by atoms with van der Waals surface area (Å²) in [6.45, 7) is 2.64. The van der Waals surface area contributed by atoms with Crippen molar-refractivity contribution in [1.82, 2.24) is 20.3 Å². The highest BCUT2D eigenvalue weighted by Crippen LogP contribution is 2.48. The number of aromatic nitrogens is 3. The SMILES string of the molecule is Cc1cnc(-c2cc(OCC34CC(CO3)C4)cc(C(=O)NCc3cnc(C(F)(F)F)nc3)c2F)s1. The van der Waals surface area contributed by atoms with E-state index in [2.05, 4.69) is 20.3 Å². The second-order valence-electron chi connectivity index (χ2n) is 8.76. The molecule has 1 saturated carbocycles. The highest BCUT2D eigenvalue weighted by atomic mass is 32.1. The van der Waals surface area contributed by atoms with E-state index in [1.165, 1.54) is 23.5 Å². The fourth-order valence-corrected chi connectivity index (χ4v) is 5.02. The maximum atomic E-state index is 15.4. The van der Waals surface area contributed by atoms with Crippen LogP contribution in [0.3, 0.4) is 0 Å². The molecule has 12 heteroatoms. The number of thiazole rings is 1. The molecule has 2 aliphatic heterocycles. The van der Waals surface area contributed by atoms with Gasteiger partial charge in [0.05, 0.1) is 17.7 Å². The Hall–Kier alpha value is -3.12. The number of carbonyl (C=O) groups excluding carboxylic acids is 1. The van der Waals surface area contributed by atoms with Gasteiger partial charge in [-0.05, 0) is 37.8 Å². The van der Waals surface area contributed by atoms with Gasteiger partial charge in [-0.1, -0.05) is 0 Å². The first-order valence-electron chi connectivity index (χ1n) is 10.8. The lowest BCUT2D eigenvalue weighted by Gasteiger charge is -2.35. The predicted molar refractivity (Wildman–Crippen MR) is 117 cm³/mol. The normalized spacial score (nSPS) is 21.0. The van der Waals surface area contributed by atoms with E-state index in [-0.39, 0.29) is 35.4 Å². The average molecular weight is 508 g/mol. The van der Waals surface area contributed by atoms with E-state index in [1.807, 2.05) is 6.92 Å². The van der Waals surface area contributed by atoms with Crippen LogP contribution in [-0.4, -0.2) is 39.7 Å². The Morgan fingerprint density at radius 3 is 2.57 bits per heavy atom. The van der Waals surface area contributed by atoms with Crippen molar-refractivity contribution in [3.63, 3.8) is 0 Å². The molecule has 0 unspecified atom stereocenters. The molecule has 2 saturated heterocycles. The Balaban J connectivity index is 1.36. The monoisotopic (exact) mass is 508 g/mol. The third kappa shape index (κ3) is 4.85. The second-order valence-corrected chi connectivity index (χ2v) is 10.00. The zero-order valence-corrected chi connectivity index (χ0v) is 19.3. The summed E-state index contributed by atoms with van der Waals surface area (Å²) in [7, 11) is 0. The number of rotatable bonds is 7. The second kappa shape index (κ2) is 8.83. The van der Waals surface area contributed by atoms with Gasteiger partial charge in [0.25, 0.3) is 5.91 Å². The quantitative estimate of drug-likeness (QED) is 0.471. The molecular formula is C23H20F4N4O3S. The number of ether oxygens (including phenoxy) is 2. The molecule has 3 fully saturated rings. The van der Waals surface area contributed by atoms with Gasteiger partial charge in [0.1, 0.15) is 28.8 Å². The van der Waals surface area contributed by atoms with Crippen molar-refractivity contribution in [1.29, 1.82) is 0 Å². The average Bonchev–Trinajstić information content (AvgIpc) is 3.52. The minimum Gasteiger partial charge on any atom is -0.491 e. The fourth-order valence-electron chi connectivity index (χ4n) is 4.25. The van der Waals surface area contributed by atoms with Crippen LogP contribution in [0.2, 0.25) is 0 Å². The number of amides is 1. The van der Waals surface area contributed by atoms with Crippen molar-refractivity contribution in [2.75, 3.05) is 13.2 Å². The lowest BCUT2D eigenvalue weighted by Crippen LogP contribution is -2.42. The lowest BCUT2D eigenvalue weighted by atomic mass is 9.75. The Kier molecular flexibility index (Phi) is 5.96. The van der Waals surface area contributed by atoms with Crippen LogP contribution in [0.4, 0.5) is 17.6 Å². The van der Waals surface area contributed by atoms with Gasteiger partial charge in [-0.3, -0.25) is 4.79 Å². The van der Waals surface area contributed by atoms with Gasteiger partial charge in [0.2, 0.25) is 5.82 Å². The minimum atomic E-state index is -4.67. The highest BCUT2D eigenvalue weighted by Gasteiger charge is 2.52. The first-order valence-corrected chi connectivity index (χ1v) is 11.6. The summed E-state index contributed by atoms with van der Waals surface area (Å²) in [4.78, 5) is 24.5. The van der Waals surface area contributed by atoms with Crippen LogP contribution in [-0.2, 0) is 17.5 Å². The number of carbonyl (C=O) groups is 1. The molecule has 1 aliphatic carbocycles. The van der Waals surface area contributed by atoms with Crippen molar-refractivity contribution in [2.45, 2.75) is 38.1 Å². The summed E-state index contributed by atoms with van der Waals surface area (Å²) in [6, 6.07) is 2.81. The molecule has 0 radical (unpaired) electrons. The first-order chi connectivity index (χ1) is 16.6. The van der Waals surface area contributed by atoms with Gasteiger partial charge in [-0.15, -0.1) is 11.3 Å². The van der Waals surface area contributed by atoms with E-state index in [9.17, 15) is 18.0 Å². The number of nitrogens with zero attached hydrogens (tertiary/aromatic N) is 3. The van der Waals surface area contributed by atoms with Gasteiger partial charge in [0, 0.05) is 35.6 Å². The number of alkyl halides is 3. The van der Waals surface area contributed by atoms with Gasteiger partial charge in [-0.25, -0.2) is 19.3 Å². The molecule has 0 spiro atoms. The number of nitrogens with one attached hydrogen (secondary N) is 1. The number of fused-ring (bicyclic) bond motifs is 1. The zero-order valence-electron chi connectivity index (χ0n) is 18.5. The first kappa shape index (κ1) is 23.6. The van der Waals surface area contributed by atoms with Gasteiger partial charge in [0.15, 0.2) is 0 Å². The molecular weight excluding hydrogens is 488 g/mol. The van der Waals surface area contributed by atoms with Gasteiger partial charge in [-0.2, -0.15) is 13.2 Å². The van der Waals surface area contributed by atoms with Crippen LogP contribution in [0.15, 0.2) is 30.7 Å². The molecule has 0 atom stereocenters. The molecule has 6 rings (SSSR count). The van der Waals surface area contributed by atoms with Crippen LogP contribution in [0.5, 0.6) is 5.75 Å². The Morgan fingerprint density at radius 2 is 1.97 bits per heavy atom. The van der Waals surface area contributed by atoms with Crippen molar-refractivity contribution in [2.24, 2.45) is 5.92 Å². The largest absolute Gasteiger partial charge is 0.491 e. The minimum absolute atomic E-state index is 0.125. The number of hydrogen-bond donors (Lipinski definition) is 1. The summed E-state index contributed by atoms with van der Waals surface area (Å²) in [6.07, 6.45) is 0.687. The number of aryl methyl sites for hydroxylation is 1. The summed E-state index contributed by atoms with van der Waals surface area (Å²) >= 11 is 1.28. The Morgan fingerprint density at radius 1 is 1.23 bits per heavy atom. The van der Waals surface area contributed by atoms with Crippen LogP contribution in [0, 0.1) is 18.7 Å².